The molecule has 3 nitrogen and oxygen atoms in total. The molecule has 0 saturated carbocycles. The third-order valence-corrected chi connectivity index (χ3v) is 4.05. The second-order valence-corrected chi connectivity index (χ2v) is 5.28. The van der Waals surface area contributed by atoms with Gasteiger partial charge in [-0.15, -0.1) is 0 Å². The van der Waals surface area contributed by atoms with Crippen LogP contribution in [0.1, 0.15) is 12.0 Å². The number of nitrogen functional groups attached to an aromatic ring is 1. The molecule has 0 bridgehead atoms. The van der Waals surface area contributed by atoms with Gasteiger partial charge >= 0.3 is 0 Å². The Labute approximate surface area is 127 Å². The predicted octanol–water partition coefficient (Wildman–Crippen LogP) is 3.95. The van der Waals surface area contributed by atoms with Crippen molar-refractivity contribution in [2.75, 3.05) is 17.2 Å². The lowest BCUT2D eigenvalue weighted by Gasteiger charge is -2.24. The van der Waals surface area contributed by atoms with Crippen molar-refractivity contribution in [3.63, 3.8) is 0 Å². The fourth-order valence-electron chi connectivity index (χ4n) is 2.05. The zero-order chi connectivity index (χ0) is 14.4. The Morgan fingerprint density at radius 1 is 1.10 bits per heavy atom. The molecule has 2 N–H and O–H groups in total. The van der Waals surface area contributed by atoms with Crippen LogP contribution in [0.5, 0.6) is 0 Å². The average molecular weight is 330 g/mol. The number of nitriles is 1. The maximum atomic E-state index is 8.82. The minimum Gasteiger partial charge on any atom is -0.398 e. The number of rotatable bonds is 5. The molecule has 0 aliphatic rings. The second kappa shape index (κ2) is 6.97. The molecular formula is C16H16BrN3. The quantitative estimate of drug-likeness (QED) is 0.845. The fourth-order valence-corrected chi connectivity index (χ4v) is 2.44. The third-order valence-electron chi connectivity index (χ3n) is 3.08. The summed E-state index contributed by atoms with van der Waals surface area (Å²) in [6.45, 7) is 1.42. The Bertz CT molecular complexity index is 605. The number of nitrogens with zero attached hydrogens (tertiary/aromatic N) is 2. The van der Waals surface area contributed by atoms with Crippen molar-refractivity contribution < 1.29 is 0 Å². The van der Waals surface area contributed by atoms with Gasteiger partial charge in [-0.2, -0.15) is 5.26 Å². The van der Waals surface area contributed by atoms with Crippen molar-refractivity contribution in [3.05, 3.63) is 58.6 Å². The molecule has 2 aromatic carbocycles. The Balaban J connectivity index is 2.24. The Hall–Kier alpha value is -1.99. The zero-order valence-corrected chi connectivity index (χ0v) is 12.7. The van der Waals surface area contributed by atoms with Crippen LogP contribution in [-0.4, -0.2) is 6.54 Å². The van der Waals surface area contributed by atoms with Crippen LogP contribution in [0.15, 0.2) is 53.0 Å². The number of anilines is 2. The van der Waals surface area contributed by atoms with Gasteiger partial charge < -0.3 is 10.6 Å². The summed E-state index contributed by atoms with van der Waals surface area (Å²) in [5, 5.41) is 8.82. The lowest BCUT2D eigenvalue weighted by atomic mass is 10.1. The van der Waals surface area contributed by atoms with Gasteiger partial charge in [0.25, 0.3) is 0 Å². The monoisotopic (exact) mass is 329 g/mol. The summed E-state index contributed by atoms with van der Waals surface area (Å²) in [5.74, 6) is 0. The number of hydrogen-bond acceptors (Lipinski definition) is 3. The molecule has 0 radical (unpaired) electrons. The predicted molar refractivity (Wildman–Crippen MR) is 86.3 cm³/mol. The highest BCUT2D eigenvalue weighted by Gasteiger charge is 2.10. The molecule has 0 unspecified atom stereocenters. The highest BCUT2D eigenvalue weighted by molar-refractivity contribution is 9.10. The summed E-state index contributed by atoms with van der Waals surface area (Å²) in [6.07, 6.45) is 0.495. The van der Waals surface area contributed by atoms with E-state index in [9.17, 15) is 0 Å². The molecule has 0 amide bonds. The molecule has 0 spiro atoms. The summed E-state index contributed by atoms with van der Waals surface area (Å²) in [5.41, 5.74) is 8.88. The average Bonchev–Trinajstić information content (AvgIpc) is 2.48. The second-order valence-electron chi connectivity index (χ2n) is 4.49. The number of benzene rings is 2. The van der Waals surface area contributed by atoms with E-state index in [1.807, 2.05) is 36.4 Å². The smallest absolute Gasteiger partial charge is 0.0640 e. The van der Waals surface area contributed by atoms with Gasteiger partial charge in [0.15, 0.2) is 0 Å². The van der Waals surface area contributed by atoms with E-state index in [1.165, 1.54) is 0 Å². The molecule has 0 fully saturated rings. The first-order chi connectivity index (χ1) is 9.72. The van der Waals surface area contributed by atoms with Crippen molar-refractivity contribution in [1.29, 1.82) is 5.26 Å². The molecule has 0 saturated heterocycles. The van der Waals surface area contributed by atoms with Crippen LogP contribution in [0, 0.1) is 11.3 Å². The minimum atomic E-state index is 0.495. The van der Waals surface area contributed by atoms with Gasteiger partial charge in [0.05, 0.1) is 12.5 Å². The highest BCUT2D eigenvalue weighted by Crippen LogP contribution is 2.26. The number of halogens is 1. The topological polar surface area (TPSA) is 53.0 Å². The van der Waals surface area contributed by atoms with Crippen LogP contribution in [0.25, 0.3) is 0 Å². The minimum absolute atomic E-state index is 0.495. The fraction of sp³-hybridized carbons (Fsp3) is 0.188. The van der Waals surface area contributed by atoms with Crippen molar-refractivity contribution in [1.82, 2.24) is 0 Å². The van der Waals surface area contributed by atoms with Crippen LogP contribution >= 0.6 is 15.9 Å². The van der Waals surface area contributed by atoms with E-state index < -0.39 is 0 Å². The third kappa shape index (κ3) is 3.52. The molecule has 0 heterocycles. The van der Waals surface area contributed by atoms with Gasteiger partial charge in [0.2, 0.25) is 0 Å². The van der Waals surface area contributed by atoms with Crippen molar-refractivity contribution in [2.45, 2.75) is 13.0 Å². The molecule has 20 heavy (non-hydrogen) atoms. The molecular weight excluding hydrogens is 314 g/mol. The van der Waals surface area contributed by atoms with E-state index >= 15 is 0 Å². The summed E-state index contributed by atoms with van der Waals surface area (Å²) in [7, 11) is 0. The molecule has 2 rings (SSSR count). The molecule has 0 aromatic heterocycles. The van der Waals surface area contributed by atoms with Crippen LogP contribution in [0.3, 0.4) is 0 Å². The van der Waals surface area contributed by atoms with Gasteiger partial charge in [-0.3, -0.25) is 0 Å². The van der Waals surface area contributed by atoms with Crippen LogP contribution in [-0.2, 0) is 6.54 Å². The lowest BCUT2D eigenvalue weighted by molar-refractivity contribution is 0.796. The zero-order valence-electron chi connectivity index (χ0n) is 11.1. The van der Waals surface area contributed by atoms with E-state index in [2.05, 4.69) is 39.0 Å². The number of para-hydroxylation sites is 1. The number of hydrogen-bond donors (Lipinski definition) is 1. The van der Waals surface area contributed by atoms with Crippen molar-refractivity contribution in [3.8, 4) is 6.07 Å². The normalized spacial score (nSPS) is 10.0. The van der Waals surface area contributed by atoms with Gasteiger partial charge in [-0.05, 0) is 39.7 Å². The van der Waals surface area contributed by atoms with E-state index in [4.69, 9.17) is 11.0 Å². The van der Waals surface area contributed by atoms with Crippen LogP contribution in [0.2, 0.25) is 0 Å². The van der Waals surface area contributed by atoms with E-state index in [0.29, 0.717) is 13.0 Å². The van der Waals surface area contributed by atoms with E-state index in [-0.39, 0.29) is 0 Å². The first-order valence-corrected chi connectivity index (χ1v) is 7.21. The Morgan fingerprint density at radius 2 is 1.85 bits per heavy atom. The first-order valence-electron chi connectivity index (χ1n) is 6.42. The maximum Gasteiger partial charge on any atom is 0.0640 e. The molecule has 0 aliphatic heterocycles. The lowest BCUT2D eigenvalue weighted by Crippen LogP contribution is -2.23. The first kappa shape index (κ1) is 14.4. The summed E-state index contributed by atoms with van der Waals surface area (Å²) < 4.78 is 0.929. The SMILES string of the molecule is N#CCCN(Cc1cccc(N)c1Br)c1ccccc1. The molecule has 0 atom stereocenters. The molecule has 102 valence electrons. The van der Waals surface area contributed by atoms with Crippen molar-refractivity contribution in [2.24, 2.45) is 0 Å². The summed E-state index contributed by atoms with van der Waals surface area (Å²) >= 11 is 3.53. The van der Waals surface area contributed by atoms with Crippen LogP contribution in [0.4, 0.5) is 11.4 Å². The van der Waals surface area contributed by atoms with Gasteiger partial charge in [0.1, 0.15) is 0 Å². The summed E-state index contributed by atoms with van der Waals surface area (Å²) in [4.78, 5) is 2.18. The van der Waals surface area contributed by atoms with Crippen LogP contribution < -0.4 is 10.6 Å². The van der Waals surface area contributed by atoms with Gasteiger partial charge in [-0.1, -0.05) is 30.3 Å². The van der Waals surface area contributed by atoms with Gasteiger partial charge in [0, 0.05) is 28.9 Å². The van der Waals surface area contributed by atoms with E-state index in [0.717, 1.165) is 28.0 Å². The standard InChI is InChI=1S/C16H16BrN3/c17-16-13(6-4-9-15(16)19)12-20(11-5-10-18)14-7-2-1-3-8-14/h1-4,6-9H,5,11-12,19H2. The van der Waals surface area contributed by atoms with Crippen molar-refractivity contribution >= 4 is 27.3 Å². The Morgan fingerprint density at radius 3 is 2.55 bits per heavy atom. The molecule has 4 heteroatoms. The highest BCUT2D eigenvalue weighted by atomic mass is 79.9. The van der Waals surface area contributed by atoms with Gasteiger partial charge in [-0.25, -0.2) is 0 Å². The summed E-state index contributed by atoms with van der Waals surface area (Å²) in [6, 6.07) is 18.2. The number of nitrogens with two attached hydrogens (primary N) is 1. The van der Waals surface area contributed by atoms with E-state index in [1.54, 1.807) is 0 Å². The molecule has 0 aliphatic carbocycles. The molecule has 2 aromatic rings. The largest absolute Gasteiger partial charge is 0.398 e. The maximum absolute atomic E-state index is 8.82. The Kier molecular flexibility index (Phi) is 5.03.